The van der Waals surface area contributed by atoms with Crippen molar-refractivity contribution >= 4 is 23.0 Å². The predicted octanol–water partition coefficient (Wildman–Crippen LogP) is 4.15. The first-order valence-electron chi connectivity index (χ1n) is 8.83. The van der Waals surface area contributed by atoms with Gasteiger partial charge in [0.05, 0.1) is 30.1 Å². The lowest BCUT2D eigenvalue weighted by Gasteiger charge is -2.34. The second-order valence-electron chi connectivity index (χ2n) is 6.58. The fourth-order valence-electron chi connectivity index (χ4n) is 3.04. The van der Waals surface area contributed by atoms with Gasteiger partial charge in [-0.3, -0.25) is 9.69 Å². The molecule has 26 heavy (non-hydrogen) atoms. The van der Waals surface area contributed by atoms with Crippen LogP contribution in [0, 0.1) is 0 Å². The van der Waals surface area contributed by atoms with E-state index in [2.05, 4.69) is 20.4 Å². The summed E-state index contributed by atoms with van der Waals surface area (Å²) in [7, 11) is 0. The summed E-state index contributed by atoms with van der Waals surface area (Å²) < 4.78 is 5.69. The van der Waals surface area contributed by atoms with Crippen LogP contribution in [0.4, 0.5) is 17.1 Å². The third kappa shape index (κ3) is 5.47. The summed E-state index contributed by atoms with van der Waals surface area (Å²) in [5, 5.41) is 11.3. The van der Waals surface area contributed by atoms with Crippen molar-refractivity contribution in [2.45, 2.75) is 26.1 Å². The van der Waals surface area contributed by atoms with Gasteiger partial charge < -0.3 is 10.1 Å². The van der Waals surface area contributed by atoms with Crippen molar-refractivity contribution in [1.82, 2.24) is 4.90 Å². The molecule has 0 radical (unpaired) electrons. The summed E-state index contributed by atoms with van der Waals surface area (Å²) in [5.74, 6) is -0.0232. The second-order valence-corrected chi connectivity index (χ2v) is 6.58. The van der Waals surface area contributed by atoms with Gasteiger partial charge in [-0.1, -0.05) is 18.2 Å². The van der Waals surface area contributed by atoms with Gasteiger partial charge >= 0.3 is 0 Å². The zero-order valence-corrected chi connectivity index (χ0v) is 15.1. The van der Waals surface area contributed by atoms with Crippen molar-refractivity contribution in [3.63, 3.8) is 0 Å². The van der Waals surface area contributed by atoms with E-state index in [0.29, 0.717) is 6.54 Å². The minimum Gasteiger partial charge on any atom is -0.373 e. The highest BCUT2D eigenvalue weighted by Gasteiger charge is 2.23. The maximum Gasteiger partial charge on any atom is 0.238 e. The zero-order valence-electron chi connectivity index (χ0n) is 15.1. The Hall–Kier alpha value is -2.57. The quantitative estimate of drug-likeness (QED) is 0.822. The summed E-state index contributed by atoms with van der Waals surface area (Å²) in [5.41, 5.74) is 2.30. The summed E-state index contributed by atoms with van der Waals surface area (Å²) in [6.45, 7) is 5.98. The Labute approximate surface area is 153 Å². The first kappa shape index (κ1) is 18.2. The minimum atomic E-state index is -0.0232. The van der Waals surface area contributed by atoms with E-state index in [0.717, 1.165) is 30.2 Å². The van der Waals surface area contributed by atoms with Gasteiger partial charge in [0.1, 0.15) is 0 Å². The molecule has 1 fully saturated rings. The third-order valence-electron chi connectivity index (χ3n) is 4.05. The van der Waals surface area contributed by atoms with Crippen molar-refractivity contribution in [2.24, 2.45) is 10.2 Å². The van der Waals surface area contributed by atoms with Crippen LogP contribution in [-0.4, -0.2) is 42.6 Å². The van der Waals surface area contributed by atoms with Gasteiger partial charge in [0.2, 0.25) is 5.91 Å². The van der Waals surface area contributed by atoms with Crippen molar-refractivity contribution < 1.29 is 9.53 Å². The molecule has 136 valence electrons. The number of anilines is 1. The summed E-state index contributed by atoms with van der Waals surface area (Å²) in [6, 6.07) is 16.9. The predicted molar refractivity (Wildman–Crippen MR) is 102 cm³/mol. The molecule has 0 spiro atoms. The second kappa shape index (κ2) is 8.69. The van der Waals surface area contributed by atoms with Gasteiger partial charge in [-0.15, -0.1) is 0 Å². The first-order valence-corrected chi connectivity index (χ1v) is 8.83. The lowest BCUT2D eigenvalue weighted by molar-refractivity contribution is -0.121. The van der Waals surface area contributed by atoms with Gasteiger partial charge in [-0.2, -0.15) is 10.2 Å². The SMILES string of the molecule is C[C@H]1CN(CC(=O)Nc2ccc(N=Nc3ccccc3)cc2)C[C@H](C)O1. The van der Waals surface area contributed by atoms with Crippen molar-refractivity contribution in [3.05, 3.63) is 54.6 Å². The summed E-state index contributed by atoms with van der Waals surface area (Å²) in [4.78, 5) is 14.4. The van der Waals surface area contributed by atoms with E-state index in [9.17, 15) is 4.79 Å². The largest absolute Gasteiger partial charge is 0.373 e. The number of hydrogen-bond donors (Lipinski definition) is 1. The number of benzene rings is 2. The van der Waals surface area contributed by atoms with Crippen LogP contribution in [0.5, 0.6) is 0 Å². The molecule has 0 bridgehead atoms. The van der Waals surface area contributed by atoms with Crippen LogP contribution < -0.4 is 5.32 Å². The molecule has 6 nitrogen and oxygen atoms in total. The van der Waals surface area contributed by atoms with Crippen molar-refractivity contribution in [1.29, 1.82) is 0 Å². The number of nitrogens with one attached hydrogen (secondary N) is 1. The van der Waals surface area contributed by atoms with Crippen LogP contribution in [0.2, 0.25) is 0 Å². The molecule has 1 amide bonds. The molecule has 2 aromatic rings. The Morgan fingerprint density at radius 1 is 1.00 bits per heavy atom. The van der Waals surface area contributed by atoms with Gasteiger partial charge in [0.15, 0.2) is 0 Å². The van der Waals surface area contributed by atoms with E-state index < -0.39 is 0 Å². The van der Waals surface area contributed by atoms with Crippen molar-refractivity contribution in [3.8, 4) is 0 Å². The average Bonchev–Trinajstić information content (AvgIpc) is 2.61. The number of morpholine rings is 1. The molecule has 1 heterocycles. The van der Waals surface area contributed by atoms with E-state index in [4.69, 9.17) is 4.74 Å². The molecule has 3 rings (SSSR count). The molecule has 0 unspecified atom stereocenters. The molecule has 1 N–H and O–H groups in total. The molecule has 0 saturated carbocycles. The van der Waals surface area contributed by atoms with E-state index in [1.165, 1.54) is 0 Å². The van der Waals surface area contributed by atoms with E-state index in [-0.39, 0.29) is 18.1 Å². The topological polar surface area (TPSA) is 66.3 Å². The summed E-state index contributed by atoms with van der Waals surface area (Å²) in [6.07, 6.45) is 0.307. The van der Waals surface area contributed by atoms with E-state index in [1.54, 1.807) is 0 Å². The first-order chi connectivity index (χ1) is 12.6. The molecule has 2 aromatic carbocycles. The fraction of sp³-hybridized carbons (Fsp3) is 0.350. The molecule has 2 atom stereocenters. The molecular weight excluding hydrogens is 328 g/mol. The lowest BCUT2D eigenvalue weighted by Crippen LogP contribution is -2.48. The molecule has 1 aliphatic rings. The fourth-order valence-corrected chi connectivity index (χ4v) is 3.04. The summed E-state index contributed by atoms with van der Waals surface area (Å²) >= 11 is 0. The van der Waals surface area contributed by atoms with Crippen LogP contribution >= 0.6 is 0 Å². The Morgan fingerprint density at radius 3 is 2.19 bits per heavy atom. The zero-order chi connectivity index (χ0) is 18.4. The lowest BCUT2D eigenvalue weighted by atomic mass is 10.2. The third-order valence-corrected chi connectivity index (χ3v) is 4.05. The number of ether oxygens (including phenoxy) is 1. The van der Waals surface area contributed by atoms with Gasteiger partial charge in [0.25, 0.3) is 0 Å². The molecule has 1 saturated heterocycles. The number of amides is 1. The maximum absolute atomic E-state index is 12.3. The number of azo groups is 1. The standard InChI is InChI=1S/C20H24N4O2/c1-15-12-24(13-16(2)26-15)14-20(25)21-17-8-10-19(11-9-17)23-22-18-6-4-3-5-7-18/h3-11,15-16H,12-14H2,1-2H3,(H,21,25)/t15-,16-/m0/s1. The monoisotopic (exact) mass is 352 g/mol. The Kier molecular flexibility index (Phi) is 6.09. The highest BCUT2D eigenvalue weighted by molar-refractivity contribution is 5.92. The Bertz CT molecular complexity index is 736. The number of carbonyl (C=O) groups is 1. The van der Waals surface area contributed by atoms with Crippen LogP contribution in [0.25, 0.3) is 0 Å². The smallest absolute Gasteiger partial charge is 0.238 e. The van der Waals surface area contributed by atoms with E-state index in [1.807, 2.05) is 68.4 Å². The van der Waals surface area contributed by atoms with Gasteiger partial charge in [0, 0.05) is 18.8 Å². The molecule has 0 aliphatic carbocycles. The average molecular weight is 352 g/mol. The Balaban J connectivity index is 1.52. The highest BCUT2D eigenvalue weighted by atomic mass is 16.5. The number of hydrogen-bond acceptors (Lipinski definition) is 5. The Morgan fingerprint density at radius 2 is 1.58 bits per heavy atom. The number of rotatable bonds is 5. The van der Waals surface area contributed by atoms with E-state index >= 15 is 0 Å². The molecule has 0 aromatic heterocycles. The van der Waals surface area contributed by atoms with Gasteiger partial charge in [-0.05, 0) is 50.2 Å². The molecule has 6 heteroatoms. The molecular formula is C20H24N4O2. The van der Waals surface area contributed by atoms with Crippen molar-refractivity contribution in [2.75, 3.05) is 25.0 Å². The van der Waals surface area contributed by atoms with Crippen LogP contribution in [0.15, 0.2) is 64.8 Å². The number of carbonyl (C=O) groups excluding carboxylic acids is 1. The van der Waals surface area contributed by atoms with Gasteiger partial charge in [-0.25, -0.2) is 0 Å². The van der Waals surface area contributed by atoms with Crippen LogP contribution in [-0.2, 0) is 9.53 Å². The maximum atomic E-state index is 12.3. The van der Waals surface area contributed by atoms with Crippen LogP contribution in [0.3, 0.4) is 0 Å². The normalized spacial score (nSPS) is 21.0. The van der Waals surface area contributed by atoms with Crippen LogP contribution in [0.1, 0.15) is 13.8 Å². The number of nitrogens with zero attached hydrogens (tertiary/aromatic N) is 3. The minimum absolute atomic E-state index is 0.0232. The molecule has 1 aliphatic heterocycles. The highest BCUT2D eigenvalue weighted by Crippen LogP contribution is 2.20.